The Labute approximate surface area is 109 Å². The summed E-state index contributed by atoms with van der Waals surface area (Å²) in [7, 11) is 0. The maximum atomic E-state index is 3.52. The van der Waals surface area contributed by atoms with Crippen LogP contribution in [0.25, 0.3) is 0 Å². The molecule has 0 bridgehead atoms. The lowest BCUT2D eigenvalue weighted by atomic mass is 10.2. The minimum absolute atomic E-state index is 0.743. The van der Waals surface area contributed by atoms with Crippen molar-refractivity contribution in [2.45, 2.75) is 19.5 Å². The van der Waals surface area contributed by atoms with Crippen LogP contribution in [-0.2, 0) is 6.54 Å². The highest BCUT2D eigenvalue weighted by Crippen LogP contribution is 2.14. The average molecular weight is 250 g/mol. The molecule has 1 atom stereocenters. The molecule has 2 nitrogen and oxygen atoms in total. The summed E-state index contributed by atoms with van der Waals surface area (Å²) in [4.78, 5) is 2.59. The summed E-state index contributed by atoms with van der Waals surface area (Å²) in [5.74, 6) is 2.59. The van der Waals surface area contributed by atoms with Crippen molar-refractivity contribution in [3.8, 4) is 0 Å². The van der Waals surface area contributed by atoms with E-state index in [2.05, 4.69) is 59.2 Å². The van der Waals surface area contributed by atoms with Crippen molar-refractivity contribution in [2.75, 3.05) is 31.1 Å². The second-order valence-corrected chi connectivity index (χ2v) is 5.77. The quantitative estimate of drug-likeness (QED) is 0.807. The van der Waals surface area contributed by atoms with Crippen LogP contribution in [-0.4, -0.2) is 42.1 Å². The van der Waals surface area contributed by atoms with Crippen LogP contribution in [0.5, 0.6) is 0 Å². The van der Waals surface area contributed by atoms with Crippen LogP contribution in [0.4, 0.5) is 0 Å². The number of hydrogen-bond acceptors (Lipinski definition) is 3. The monoisotopic (exact) mass is 250 g/mol. The maximum absolute atomic E-state index is 3.52. The molecule has 1 aliphatic rings. The van der Waals surface area contributed by atoms with Crippen LogP contribution in [0.3, 0.4) is 0 Å². The van der Waals surface area contributed by atoms with E-state index in [-0.39, 0.29) is 0 Å². The highest BCUT2D eigenvalue weighted by atomic mass is 32.2. The molecular weight excluding hydrogens is 228 g/mol. The number of nitrogens with zero attached hydrogens (tertiary/aromatic N) is 1. The Morgan fingerprint density at radius 1 is 1.35 bits per heavy atom. The predicted octanol–water partition coefficient (Wildman–Crippen LogP) is 2.21. The smallest absolute Gasteiger partial charge is 0.0206 e. The number of rotatable bonds is 5. The first kappa shape index (κ1) is 12.9. The van der Waals surface area contributed by atoms with Crippen LogP contribution in [0.1, 0.15) is 12.5 Å². The van der Waals surface area contributed by atoms with Gasteiger partial charge in [0.25, 0.3) is 0 Å². The first-order valence-corrected chi connectivity index (χ1v) is 7.58. The van der Waals surface area contributed by atoms with E-state index in [0.717, 1.165) is 19.1 Å². The SMILES string of the molecule is CC1CSCCN1CCNCc1ccccc1. The Kier molecular flexibility index (Phi) is 5.36. The van der Waals surface area contributed by atoms with Crippen molar-refractivity contribution in [2.24, 2.45) is 0 Å². The molecule has 3 heteroatoms. The molecule has 17 heavy (non-hydrogen) atoms. The van der Waals surface area contributed by atoms with Crippen molar-refractivity contribution in [3.63, 3.8) is 0 Å². The van der Waals surface area contributed by atoms with E-state index in [4.69, 9.17) is 0 Å². The van der Waals surface area contributed by atoms with E-state index in [1.54, 1.807) is 0 Å². The molecule has 1 aromatic carbocycles. The summed E-state index contributed by atoms with van der Waals surface area (Å²) in [6, 6.07) is 11.4. The predicted molar refractivity (Wildman–Crippen MR) is 76.5 cm³/mol. The molecule has 1 aromatic rings. The molecule has 2 rings (SSSR count). The van der Waals surface area contributed by atoms with Gasteiger partial charge in [-0.15, -0.1) is 0 Å². The van der Waals surface area contributed by atoms with Crippen LogP contribution >= 0.6 is 11.8 Å². The van der Waals surface area contributed by atoms with Gasteiger partial charge in [0.1, 0.15) is 0 Å². The standard InChI is InChI=1S/C14H22N2S/c1-13-12-17-10-9-16(13)8-7-15-11-14-5-3-2-4-6-14/h2-6,13,15H,7-12H2,1H3. The highest BCUT2D eigenvalue weighted by molar-refractivity contribution is 7.99. The second-order valence-electron chi connectivity index (χ2n) is 4.62. The van der Waals surface area contributed by atoms with Crippen LogP contribution in [0, 0.1) is 0 Å². The third-order valence-electron chi connectivity index (χ3n) is 3.25. The van der Waals surface area contributed by atoms with Crippen LogP contribution in [0.2, 0.25) is 0 Å². The number of thioether (sulfide) groups is 1. The summed E-state index contributed by atoms with van der Waals surface area (Å²) in [6.45, 7) is 6.83. The molecule has 0 amide bonds. The molecule has 1 fully saturated rings. The minimum Gasteiger partial charge on any atom is -0.311 e. The van der Waals surface area contributed by atoms with Crippen molar-refractivity contribution >= 4 is 11.8 Å². The fraction of sp³-hybridized carbons (Fsp3) is 0.571. The van der Waals surface area contributed by atoms with E-state index < -0.39 is 0 Å². The largest absolute Gasteiger partial charge is 0.311 e. The summed E-state index contributed by atoms with van der Waals surface area (Å²) >= 11 is 2.08. The zero-order chi connectivity index (χ0) is 11.9. The van der Waals surface area contributed by atoms with Gasteiger partial charge in [0, 0.05) is 43.7 Å². The molecule has 0 radical (unpaired) electrons. The topological polar surface area (TPSA) is 15.3 Å². The summed E-state index contributed by atoms with van der Waals surface area (Å²) < 4.78 is 0. The molecular formula is C14H22N2S. The van der Waals surface area contributed by atoms with E-state index in [0.29, 0.717) is 0 Å². The third-order valence-corrected chi connectivity index (χ3v) is 4.44. The lowest BCUT2D eigenvalue weighted by molar-refractivity contribution is 0.232. The maximum Gasteiger partial charge on any atom is 0.0206 e. The fourth-order valence-electron chi connectivity index (χ4n) is 2.14. The lowest BCUT2D eigenvalue weighted by Crippen LogP contribution is -2.43. The second kappa shape index (κ2) is 7.04. The molecule has 0 saturated carbocycles. The first-order chi connectivity index (χ1) is 8.36. The Bertz CT molecular complexity index is 315. The molecule has 1 aliphatic heterocycles. The van der Waals surface area contributed by atoms with Gasteiger partial charge in [0.05, 0.1) is 0 Å². The van der Waals surface area contributed by atoms with Gasteiger partial charge in [-0.3, -0.25) is 4.90 Å². The molecule has 1 N–H and O–H groups in total. The lowest BCUT2D eigenvalue weighted by Gasteiger charge is -2.32. The highest BCUT2D eigenvalue weighted by Gasteiger charge is 2.17. The molecule has 0 aliphatic carbocycles. The third kappa shape index (κ3) is 4.34. The summed E-state index contributed by atoms with van der Waals surface area (Å²) in [6.07, 6.45) is 0. The zero-order valence-corrected chi connectivity index (χ0v) is 11.4. The van der Waals surface area contributed by atoms with Gasteiger partial charge < -0.3 is 5.32 Å². The molecule has 1 unspecified atom stereocenters. The Morgan fingerprint density at radius 2 is 2.18 bits per heavy atom. The fourth-order valence-corrected chi connectivity index (χ4v) is 3.23. The van der Waals surface area contributed by atoms with E-state index in [1.165, 1.54) is 30.2 Å². The molecule has 1 heterocycles. The van der Waals surface area contributed by atoms with Crippen molar-refractivity contribution < 1.29 is 0 Å². The van der Waals surface area contributed by atoms with Crippen molar-refractivity contribution in [1.29, 1.82) is 0 Å². The Balaban J connectivity index is 1.63. The van der Waals surface area contributed by atoms with Gasteiger partial charge >= 0.3 is 0 Å². The summed E-state index contributed by atoms with van der Waals surface area (Å²) in [5.41, 5.74) is 1.37. The molecule has 0 spiro atoms. The average Bonchev–Trinajstić information content (AvgIpc) is 2.38. The van der Waals surface area contributed by atoms with Gasteiger partial charge in [-0.2, -0.15) is 11.8 Å². The van der Waals surface area contributed by atoms with Gasteiger partial charge in [-0.1, -0.05) is 30.3 Å². The molecule has 1 saturated heterocycles. The molecule has 0 aromatic heterocycles. The van der Waals surface area contributed by atoms with Crippen molar-refractivity contribution in [3.05, 3.63) is 35.9 Å². The van der Waals surface area contributed by atoms with Gasteiger partial charge in [-0.25, -0.2) is 0 Å². The number of nitrogens with one attached hydrogen (secondary N) is 1. The summed E-state index contributed by atoms with van der Waals surface area (Å²) in [5, 5.41) is 3.52. The minimum atomic E-state index is 0.743. The van der Waals surface area contributed by atoms with E-state index in [1.807, 2.05) is 0 Å². The van der Waals surface area contributed by atoms with Gasteiger partial charge in [0.15, 0.2) is 0 Å². The number of hydrogen-bond donors (Lipinski definition) is 1. The van der Waals surface area contributed by atoms with Crippen molar-refractivity contribution in [1.82, 2.24) is 10.2 Å². The van der Waals surface area contributed by atoms with E-state index >= 15 is 0 Å². The normalized spacial score (nSPS) is 21.6. The Hall–Kier alpha value is -0.510. The number of benzene rings is 1. The van der Waals surface area contributed by atoms with Crippen LogP contribution < -0.4 is 5.32 Å². The first-order valence-electron chi connectivity index (χ1n) is 6.42. The van der Waals surface area contributed by atoms with Gasteiger partial charge in [-0.05, 0) is 12.5 Å². The Morgan fingerprint density at radius 3 is 2.94 bits per heavy atom. The zero-order valence-electron chi connectivity index (χ0n) is 10.6. The molecule has 94 valence electrons. The van der Waals surface area contributed by atoms with Gasteiger partial charge in [0.2, 0.25) is 0 Å². The van der Waals surface area contributed by atoms with Crippen LogP contribution in [0.15, 0.2) is 30.3 Å². The van der Waals surface area contributed by atoms with E-state index in [9.17, 15) is 0 Å².